The molecule has 1 atom stereocenters. The van der Waals surface area contributed by atoms with Crippen LogP contribution < -0.4 is 4.72 Å². The molecule has 2 N–H and O–H groups in total. The number of carbonyl (C=O) groups is 1. The minimum atomic E-state index is -4.07. The van der Waals surface area contributed by atoms with Gasteiger partial charge in [-0.25, -0.2) is 21.9 Å². The summed E-state index contributed by atoms with van der Waals surface area (Å²) in [5.41, 5.74) is 0. The molecular formula is C12H15F2NO4S. The molecule has 0 spiro atoms. The number of sulfonamides is 1. The first-order valence-corrected chi connectivity index (χ1v) is 7.43. The molecule has 0 aliphatic heterocycles. The molecule has 1 unspecified atom stereocenters. The zero-order chi connectivity index (χ0) is 15.3. The summed E-state index contributed by atoms with van der Waals surface area (Å²) < 4.78 is 51.5. The average Bonchev–Trinajstić information content (AvgIpc) is 2.37. The van der Waals surface area contributed by atoms with Crippen molar-refractivity contribution in [3.8, 4) is 0 Å². The molecule has 0 aromatic heterocycles. The zero-order valence-electron chi connectivity index (χ0n) is 10.8. The van der Waals surface area contributed by atoms with Crippen molar-refractivity contribution >= 4 is 16.0 Å². The fourth-order valence-electron chi connectivity index (χ4n) is 1.60. The van der Waals surface area contributed by atoms with Crippen LogP contribution >= 0.6 is 0 Å². The highest BCUT2D eigenvalue weighted by Gasteiger charge is 2.21. The van der Waals surface area contributed by atoms with Crippen molar-refractivity contribution in [2.75, 3.05) is 6.54 Å². The maximum Gasteiger partial charge on any atom is 0.307 e. The van der Waals surface area contributed by atoms with Gasteiger partial charge in [-0.3, -0.25) is 4.79 Å². The summed E-state index contributed by atoms with van der Waals surface area (Å²) in [6.45, 7) is 1.48. The van der Waals surface area contributed by atoms with Crippen molar-refractivity contribution in [3.05, 3.63) is 29.8 Å². The molecule has 0 fully saturated rings. The van der Waals surface area contributed by atoms with E-state index in [2.05, 4.69) is 4.72 Å². The van der Waals surface area contributed by atoms with Crippen LogP contribution in [0.3, 0.4) is 0 Å². The van der Waals surface area contributed by atoms with Crippen LogP contribution in [0, 0.1) is 17.6 Å². The lowest BCUT2D eigenvalue weighted by molar-refractivity contribution is -0.141. The van der Waals surface area contributed by atoms with Gasteiger partial charge in [-0.1, -0.05) is 13.3 Å². The number of aliphatic carboxylic acids is 1. The Labute approximate surface area is 115 Å². The second-order valence-corrected chi connectivity index (χ2v) is 6.02. The van der Waals surface area contributed by atoms with E-state index >= 15 is 0 Å². The Hall–Kier alpha value is -1.54. The van der Waals surface area contributed by atoms with Crippen molar-refractivity contribution in [1.29, 1.82) is 0 Å². The Kier molecular flexibility index (Phi) is 5.58. The summed E-state index contributed by atoms with van der Waals surface area (Å²) in [4.78, 5) is 10.4. The fraction of sp³-hybridized carbons (Fsp3) is 0.417. The smallest absolute Gasteiger partial charge is 0.307 e. The predicted octanol–water partition coefficient (Wildman–Crippen LogP) is 1.74. The van der Waals surface area contributed by atoms with Crippen LogP contribution in [0.15, 0.2) is 23.1 Å². The fourth-order valence-corrected chi connectivity index (χ4v) is 2.69. The highest BCUT2D eigenvalue weighted by atomic mass is 32.2. The zero-order valence-corrected chi connectivity index (χ0v) is 11.6. The summed E-state index contributed by atoms with van der Waals surface area (Å²) in [5.74, 6) is -4.41. The number of nitrogens with one attached hydrogen (secondary N) is 1. The topological polar surface area (TPSA) is 83.5 Å². The normalized spacial score (nSPS) is 13.2. The third kappa shape index (κ3) is 4.24. The van der Waals surface area contributed by atoms with E-state index in [1.54, 1.807) is 6.92 Å². The first-order chi connectivity index (χ1) is 9.27. The molecule has 20 heavy (non-hydrogen) atoms. The number of carboxylic acid groups (broad SMARTS) is 1. The number of rotatable bonds is 7. The Morgan fingerprint density at radius 3 is 2.50 bits per heavy atom. The molecular weight excluding hydrogens is 292 g/mol. The summed E-state index contributed by atoms with van der Waals surface area (Å²) in [6.07, 6.45) is 0.902. The molecule has 0 aliphatic rings. The van der Waals surface area contributed by atoms with Gasteiger partial charge in [-0.2, -0.15) is 0 Å². The van der Waals surface area contributed by atoms with E-state index in [4.69, 9.17) is 5.11 Å². The van der Waals surface area contributed by atoms with Gasteiger partial charge >= 0.3 is 5.97 Å². The van der Waals surface area contributed by atoms with E-state index in [0.29, 0.717) is 25.0 Å². The van der Waals surface area contributed by atoms with E-state index in [0.717, 1.165) is 6.07 Å². The van der Waals surface area contributed by atoms with Gasteiger partial charge in [0.2, 0.25) is 10.0 Å². The number of carboxylic acids is 1. The van der Waals surface area contributed by atoms with Crippen molar-refractivity contribution in [2.24, 2.45) is 5.92 Å². The van der Waals surface area contributed by atoms with Gasteiger partial charge in [0.1, 0.15) is 0 Å². The average molecular weight is 307 g/mol. The van der Waals surface area contributed by atoms with Crippen molar-refractivity contribution in [2.45, 2.75) is 24.7 Å². The van der Waals surface area contributed by atoms with E-state index in [-0.39, 0.29) is 6.54 Å². The molecule has 0 radical (unpaired) electrons. The molecule has 1 aromatic carbocycles. The van der Waals surface area contributed by atoms with Crippen molar-refractivity contribution in [3.63, 3.8) is 0 Å². The second kappa shape index (κ2) is 6.76. The molecule has 0 aliphatic carbocycles. The molecule has 0 amide bonds. The van der Waals surface area contributed by atoms with Crippen LogP contribution in [-0.2, 0) is 14.8 Å². The highest BCUT2D eigenvalue weighted by molar-refractivity contribution is 7.89. The van der Waals surface area contributed by atoms with Gasteiger partial charge < -0.3 is 5.11 Å². The largest absolute Gasteiger partial charge is 0.481 e. The number of benzene rings is 1. The molecule has 0 saturated heterocycles. The van der Waals surface area contributed by atoms with Gasteiger partial charge in [-0.05, 0) is 24.6 Å². The van der Waals surface area contributed by atoms with Crippen LogP contribution in [0.5, 0.6) is 0 Å². The van der Waals surface area contributed by atoms with Crippen LogP contribution in [0.25, 0.3) is 0 Å². The molecule has 8 heteroatoms. The quantitative estimate of drug-likeness (QED) is 0.804. The lowest BCUT2D eigenvalue weighted by Gasteiger charge is -2.12. The molecule has 5 nitrogen and oxygen atoms in total. The lowest BCUT2D eigenvalue weighted by atomic mass is 10.1. The highest BCUT2D eigenvalue weighted by Crippen LogP contribution is 2.14. The van der Waals surface area contributed by atoms with E-state index in [9.17, 15) is 22.0 Å². The lowest BCUT2D eigenvalue weighted by Crippen LogP contribution is -2.33. The first-order valence-electron chi connectivity index (χ1n) is 5.95. The van der Waals surface area contributed by atoms with Gasteiger partial charge in [0.25, 0.3) is 0 Å². The van der Waals surface area contributed by atoms with Gasteiger partial charge in [-0.15, -0.1) is 0 Å². The van der Waals surface area contributed by atoms with E-state index in [1.807, 2.05) is 0 Å². The number of halogens is 2. The molecule has 1 rings (SSSR count). The van der Waals surface area contributed by atoms with Crippen molar-refractivity contribution < 1.29 is 27.1 Å². The Bertz CT molecular complexity index is 589. The summed E-state index contributed by atoms with van der Waals surface area (Å²) in [6, 6.07) is 2.16. The van der Waals surface area contributed by atoms with Crippen molar-refractivity contribution in [1.82, 2.24) is 4.72 Å². The van der Waals surface area contributed by atoms with Gasteiger partial charge in [0, 0.05) is 6.54 Å². The molecule has 1 aromatic rings. The third-order valence-electron chi connectivity index (χ3n) is 2.71. The maximum absolute atomic E-state index is 13.0. The van der Waals surface area contributed by atoms with Gasteiger partial charge in [0.15, 0.2) is 11.6 Å². The van der Waals surface area contributed by atoms with Crippen LogP contribution in [0.2, 0.25) is 0 Å². The Morgan fingerprint density at radius 2 is 2.00 bits per heavy atom. The first kappa shape index (κ1) is 16.5. The Morgan fingerprint density at radius 1 is 1.35 bits per heavy atom. The molecule has 0 bridgehead atoms. The SMILES string of the molecule is CCCC(CNS(=O)(=O)c1ccc(F)c(F)c1)C(=O)O. The molecule has 0 saturated carbocycles. The standard InChI is InChI=1S/C12H15F2NO4S/c1-2-3-8(12(16)17)7-15-20(18,19)9-4-5-10(13)11(14)6-9/h4-6,8,15H,2-3,7H2,1H3,(H,16,17). The summed E-state index contributed by atoms with van der Waals surface area (Å²) >= 11 is 0. The van der Waals surface area contributed by atoms with Crippen LogP contribution in [0.4, 0.5) is 8.78 Å². The van der Waals surface area contributed by atoms with Crippen LogP contribution in [-0.4, -0.2) is 26.0 Å². The second-order valence-electron chi connectivity index (χ2n) is 4.25. The van der Waals surface area contributed by atoms with E-state index < -0.39 is 38.4 Å². The van der Waals surface area contributed by atoms with Crippen LogP contribution in [0.1, 0.15) is 19.8 Å². The number of hydrogen-bond donors (Lipinski definition) is 2. The minimum Gasteiger partial charge on any atom is -0.481 e. The minimum absolute atomic E-state index is 0.301. The Balaban J connectivity index is 2.84. The van der Waals surface area contributed by atoms with E-state index in [1.165, 1.54) is 0 Å². The summed E-state index contributed by atoms with van der Waals surface area (Å²) in [7, 11) is -4.07. The monoisotopic (exact) mass is 307 g/mol. The molecule has 112 valence electrons. The number of hydrogen-bond acceptors (Lipinski definition) is 3. The third-order valence-corrected chi connectivity index (χ3v) is 4.13. The molecule has 0 heterocycles. The predicted molar refractivity (Wildman–Crippen MR) is 67.6 cm³/mol. The van der Waals surface area contributed by atoms with Gasteiger partial charge in [0.05, 0.1) is 10.8 Å². The maximum atomic E-state index is 13.0. The summed E-state index contributed by atoms with van der Waals surface area (Å²) in [5, 5.41) is 8.91.